The van der Waals surface area contributed by atoms with Crippen molar-refractivity contribution >= 4 is 23.1 Å². The second kappa shape index (κ2) is 8.84. The van der Waals surface area contributed by atoms with Gasteiger partial charge in [0.15, 0.2) is 16.3 Å². The van der Waals surface area contributed by atoms with Gasteiger partial charge in [0.25, 0.3) is 5.56 Å². The fourth-order valence-corrected chi connectivity index (χ4v) is 6.13. The molecule has 1 aliphatic carbocycles. The third-order valence-corrected chi connectivity index (χ3v) is 7.79. The summed E-state index contributed by atoms with van der Waals surface area (Å²) in [4.78, 5) is 19.6. The lowest BCUT2D eigenvalue weighted by Gasteiger charge is -2.31. The number of methoxy groups -OCH3 is 2. The number of aromatic hydroxyl groups is 1. The molecule has 1 atom stereocenters. The van der Waals surface area contributed by atoms with Crippen molar-refractivity contribution < 1.29 is 14.6 Å². The van der Waals surface area contributed by atoms with Gasteiger partial charge in [0.05, 0.1) is 30.5 Å². The van der Waals surface area contributed by atoms with Crippen LogP contribution in [0.15, 0.2) is 82.1 Å². The highest BCUT2D eigenvalue weighted by atomic mass is 32.1. The third kappa shape index (κ3) is 3.55. The number of phenols is 1. The van der Waals surface area contributed by atoms with Crippen LogP contribution in [-0.4, -0.2) is 23.9 Å². The summed E-state index contributed by atoms with van der Waals surface area (Å²) in [5, 5.41) is 9.96. The number of allylic oxidation sites excluding steroid dienone is 1. The lowest BCUT2D eigenvalue weighted by molar-refractivity contribution is 0.373. The van der Waals surface area contributed by atoms with E-state index in [4.69, 9.17) is 14.5 Å². The minimum atomic E-state index is -0.308. The SMILES string of the molecule is COc1cc(/C=c2\sc3n(c2=O)C(c2ccccc2OC)C2=C(N=3)c3ccccc3CC2)ccc1O. The van der Waals surface area contributed by atoms with Crippen LogP contribution < -0.4 is 24.4 Å². The number of aromatic nitrogens is 1. The number of para-hydroxylation sites is 1. The van der Waals surface area contributed by atoms with E-state index in [1.165, 1.54) is 24.0 Å². The molecule has 1 aliphatic heterocycles. The van der Waals surface area contributed by atoms with Gasteiger partial charge in [0, 0.05) is 11.1 Å². The number of benzene rings is 3. The molecular weight excluding hydrogens is 472 g/mol. The van der Waals surface area contributed by atoms with Gasteiger partial charge in [-0.1, -0.05) is 59.9 Å². The molecule has 6 rings (SSSR count). The molecule has 180 valence electrons. The Morgan fingerprint density at radius 3 is 2.61 bits per heavy atom. The van der Waals surface area contributed by atoms with E-state index in [1.807, 2.05) is 36.4 Å². The standard InChI is InChI=1S/C29H24N2O4S/c1-34-23-10-6-5-9-20(23)27-21-13-12-18-7-3-4-8-19(18)26(21)30-29-31(27)28(33)25(36-29)16-17-11-14-22(32)24(15-17)35-2/h3-11,14-16,27,32H,12-13H2,1-2H3/b25-16-. The minimum absolute atomic E-state index is 0.0543. The first-order valence-electron chi connectivity index (χ1n) is 11.7. The third-order valence-electron chi connectivity index (χ3n) is 6.81. The van der Waals surface area contributed by atoms with E-state index in [1.54, 1.807) is 29.9 Å². The highest BCUT2D eigenvalue weighted by Crippen LogP contribution is 2.43. The van der Waals surface area contributed by atoms with Crippen LogP contribution in [0.25, 0.3) is 11.8 Å². The maximum atomic E-state index is 13.9. The number of hydrogen-bond donors (Lipinski definition) is 1. The highest BCUT2D eigenvalue weighted by Gasteiger charge is 2.33. The van der Waals surface area contributed by atoms with Gasteiger partial charge in [-0.2, -0.15) is 0 Å². The van der Waals surface area contributed by atoms with Crippen LogP contribution in [0.2, 0.25) is 0 Å². The van der Waals surface area contributed by atoms with E-state index in [0.717, 1.165) is 46.6 Å². The maximum absolute atomic E-state index is 13.9. The average Bonchev–Trinajstić information content (AvgIpc) is 3.22. The number of phenolic OH excluding ortho intramolecular Hbond substituents is 1. The zero-order valence-corrected chi connectivity index (χ0v) is 20.7. The van der Waals surface area contributed by atoms with E-state index in [9.17, 15) is 9.90 Å². The monoisotopic (exact) mass is 496 g/mol. The zero-order valence-electron chi connectivity index (χ0n) is 19.9. The molecule has 2 aliphatic rings. The van der Waals surface area contributed by atoms with Gasteiger partial charge in [0.1, 0.15) is 5.75 Å². The summed E-state index contributed by atoms with van der Waals surface area (Å²) in [5.74, 6) is 1.15. The van der Waals surface area contributed by atoms with E-state index >= 15 is 0 Å². The van der Waals surface area contributed by atoms with Crippen molar-refractivity contribution in [2.45, 2.75) is 18.9 Å². The normalized spacial score (nSPS) is 16.6. The van der Waals surface area contributed by atoms with Crippen molar-refractivity contribution in [2.24, 2.45) is 4.99 Å². The highest BCUT2D eigenvalue weighted by molar-refractivity contribution is 7.07. The molecule has 1 aromatic heterocycles. The van der Waals surface area contributed by atoms with Gasteiger partial charge in [-0.3, -0.25) is 9.36 Å². The fraction of sp³-hybridized carbons (Fsp3) is 0.172. The summed E-state index contributed by atoms with van der Waals surface area (Å²) >= 11 is 1.37. The predicted octanol–water partition coefficient (Wildman–Crippen LogP) is 4.04. The number of ether oxygens (including phenoxy) is 2. The van der Waals surface area contributed by atoms with Gasteiger partial charge >= 0.3 is 0 Å². The van der Waals surface area contributed by atoms with Gasteiger partial charge in [-0.15, -0.1) is 0 Å². The van der Waals surface area contributed by atoms with E-state index < -0.39 is 0 Å². The van der Waals surface area contributed by atoms with E-state index in [2.05, 4.69) is 18.2 Å². The van der Waals surface area contributed by atoms with Crippen LogP contribution in [0.3, 0.4) is 0 Å². The number of thiazole rings is 1. The van der Waals surface area contributed by atoms with Crippen molar-refractivity contribution in [1.82, 2.24) is 4.57 Å². The molecule has 0 fully saturated rings. The second-order valence-corrected chi connectivity index (χ2v) is 9.80. The molecule has 36 heavy (non-hydrogen) atoms. The Labute approximate surface area is 211 Å². The molecule has 7 heteroatoms. The first-order chi connectivity index (χ1) is 17.6. The summed E-state index contributed by atoms with van der Waals surface area (Å²) in [6.07, 6.45) is 3.53. The van der Waals surface area contributed by atoms with Crippen LogP contribution in [0, 0.1) is 0 Å². The van der Waals surface area contributed by atoms with Crippen LogP contribution in [0.4, 0.5) is 0 Å². The van der Waals surface area contributed by atoms with E-state index in [-0.39, 0.29) is 17.4 Å². The summed E-state index contributed by atoms with van der Waals surface area (Å²) in [7, 11) is 3.16. The van der Waals surface area contributed by atoms with Crippen LogP contribution in [0.1, 0.15) is 34.7 Å². The van der Waals surface area contributed by atoms with Crippen LogP contribution in [-0.2, 0) is 6.42 Å². The number of hydrogen-bond acceptors (Lipinski definition) is 6. The Hall–Kier alpha value is -4.10. The van der Waals surface area contributed by atoms with Gasteiger partial charge in [-0.25, -0.2) is 4.99 Å². The molecule has 0 amide bonds. The molecule has 0 spiro atoms. The molecule has 0 saturated carbocycles. The molecule has 4 aromatic rings. The molecule has 1 N–H and O–H groups in total. The second-order valence-electron chi connectivity index (χ2n) is 8.79. The summed E-state index contributed by atoms with van der Waals surface area (Å²) in [6, 6.07) is 21.0. The van der Waals surface area contributed by atoms with Crippen molar-refractivity contribution in [2.75, 3.05) is 14.2 Å². The van der Waals surface area contributed by atoms with Crippen LogP contribution >= 0.6 is 11.3 Å². The molecule has 3 aromatic carbocycles. The van der Waals surface area contributed by atoms with Crippen molar-refractivity contribution in [1.29, 1.82) is 0 Å². The summed E-state index contributed by atoms with van der Waals surface area (Å²) in [5.41, 5.74) is 6.08. The molecule has 6 nitrogen and oxygen atoms in total. The lowest BCUT2D eigenvalue weighted by Crippen LogP contribution is -2.38. The predicted molar refractivity (Wildman–Crippen MR) is 140 cm³/mol. The van der Waals surface area contributed by atoms with Crippen LogP contribution in [0.5, 0.6) is 17.2 Å². The van der Waals surface area contributed by atoms with Gasteiger partial charge < -0.3 is 14.6 Å². The number of nitrogens with zero attached hydrogens (tertiary/aromatic N) is 2. The Kier molecular flexibility index (Phi) is 5.49. The van der Waals surface area contributed by atoms with E-state index in [0.29, 0.717) is 15.1 Å². The first kappa shape index (κ1) is 22.4. The quantitative estimate of drug-likeness (QED) is 0.463. The topological polar surface area (TPSA) is 73.0 Å². The minimum Gasteiger partial charge on any atom is -0.504 e. The molecular formula is C29H24N2O4S. The smallest absolute Gasteiger partial charge is 0.271 e. The molecule has 2 heterocycles. The van der Waals surface area contributed by atoms with Crippen molar-refractivity contribution in [3.8, 4) is 17.2 Å². The summed E-state index contributed by atoms with van der Waals surface area (Å²) in [6.45, 7) is 0. The molecule has 1 unspecified atom stereocenters. The van der Waals surface area contributed by atoms with Crippen molar-refractivity contribution in [3.05, 3.63) is 114 Å². The Morgan fingerprint density at radius 1 is 1.00 bits per heavy atom. The van der Waals surface area contributed by atoms with Crippen molar-refractivity contribution in [3.63, 3.8) is 0 Å². The Balaban J connectivity index is 1.62. The molecule has 0 saturated heterocycles. The Morgan fingerprint density at radius 2 is 1.78 bits per heavy atom. The fourth-order valence-electron chi connectivity index (χ4n) is 5.13. The Bertz CT molecular complexity index is 1710. The maximum Gasteiger partial charge on any atom is 0.271 e. The zero-order chi connectivity index (χ0) is 24.8. The number of rotatable bonds is 4. The first-order valence-corrected chi connectivity index (χ1v) is 12.5. The molecule has 0 radical (unpaired) electrons. The van der Waals surface area contributed by atoms with Gasteiger partial charge in [0.2, 0.25) is 0 Å². The number of aryl methyl sites for hydroxylation is 1. The largest absolute Gasteiger partial charge is 0.504 e. The molecule has 0 bridgehead atoms. The number of fused-ring (bicyclic) bond motifs is 3. The summed E-state index contributed by atoms with van der Waals surface area (Å²) < 4.78 is 13.3. The average molecular weight is 497 g/mol. The lowest BCUT2D eigenvalue weighted by atomic mass is 9.83. The van der Waals surface area contributed by atoms with Gasteiger partial charge in [-0.05, 0) is 53.8 Å².